The van der Waals surface area contributed by atoms with Gasteiger partial charge in [0.15, 0.2) is 0 Å². The van der Waals surface area contributed by atoms with Crippen molar-refractivity contribution in [1.82, 2.24) is 9.78 Å². The van der Waals surface area contributed by atoms with Gasteiger partial charge in [-0.3, -0.25) is 4.68 Å². The van der Waals surface area contributed by atoms with Crippen molar-refractivity contribution in [1.29, 1.82) is 0 Å². The van der Waals surface area contributed by atoms with Gasteiger partial charge in [-0.1, -0.05) is 0 Å². The van der Waals surface area contributed by atoms with Gasteiger partial charge < -0.3 is 5.32 Å². The van der Waals surface area contributed by atoms with Crippen molar-refractivity contribution in [3.05, 3.63) is 42.2 Å². The van der Waals surface area contributed by atoms with Gasteiger partial charge in [0.05, 0.1) is 11.1 Å². The van der Waals surface area contributed by atoms with Crippen LogP contribution in [-0.2, 0) is 23.1 Å². The molecule has 0 fully saturated rings. The number of hydrogen-bond acceptors (Lipinski definition) is 4. The summed E-state index contributed by atoms with van der Waals surface area (Å²) in [7, 11) is -3.63. The second-order valence-electron chi connectivity index (χ2n) is 4.13. The van der Waals surface area contributed by atoms with Gasteiger partial charge in [0.25, 0.3) is 0 Å². The number of nitrogens with one attached hydrogen (secondary N) is 1. The Morgan fingerprint density at radius 1 is 1.32 bits per heavy atom. The number of hydrogen-bond donors (Lipinski definition) is 2. The number of aromatic nitrogens is 2. The maximum atomic E-state index is 11.1. The molecule has 0 unspecified atom stereocenters. The number of nitrogens with zero attached hydrogens (tertiary/aromatic N) is 2. The molecular formula is C12H16N4O2S. The van der Waals surface area contributed by atoms with E-state index in [0.29, 0.717) is 6.54 Å². The third-order valence-corrected chi connectivity index (χ3v) is 3.62. The Morgan fingerprint density at radius 3 is 2.53 bits per heavy atom. The van der Waals surface area contributed by atoms with Crippen LogP contribution in [-0.4, -0.2) is 18.2 Å². The minimum Gasteiger partial charge on any atom is -0.381 e. The predicted octanol–water partition coefficient (Wildman–Crippen LogP) is 1.16. The van der Waals surface area contributed by atoms with Crippen LogP contribution in [0, 0.1) is 0 Å². The van der Waals surface area contributed by atoms with E-state index in [1.165, 1.54) is 12.1 Å². The molecular weight excluding hydrogens is 264 g/mol. The minimum atomic E-state index is -3.63. The Bertz CT molecular complexity index is 647. The molecule has 0 saturated heterocycles. The Hall–Kier alpha value is -1.86. The quantitative estimate of drug-likeness (QED) is 0.860. The van der Waals surface area contributed by atoms with Gasteiger partial charge in [-0.15, -0.1) is 0 Å². The molecule has 0 aliphatic heterocycles. The molecule has 0 amide bonds. The van der Waals surface area contributed by atoms with E-state index in [1.807, 2.05) is 17.8 Å². The summed E-state index contributed by atoms with van der Waals surface area (Å²) in [6, 6.07) is 6.33. The van der Waals surface area contributed by atoms with Crippen LogP contribution in [0.4, 0.5) is 5.69 Å². The van der Waals surface area contributed by atoms with E-state index in [0.717, 1.165) is 17.8 Å². The summed E-state index contributed by atoms with van der Waals surface area (Å²) in [5, 5.41) is 12.4. The molecule has 0 aliphatic rings. The normalized spacial score (nSPS) is 11.5. The van der Waals surface area contributed by atoms with Crippen LogP contribution in [0.5, 0.6) is 0 Å². The molecule has 0 saturated carbocycles. The lowest BCUT2D eigenvalue weighted by Crippen LogP contribution is -2.11. The molecule has 1 aromatic carbocycles. The van der Waals surface area contributed by atoms with E-state index in [4.69, 9.17) is 5.14 Å². The first-order chi connectivity index (χ1) is 8.99. The van der Waals surface area contributed by atoms with Gasteiger partial charge in [-0.25, -0.2) is 13.6 Å². The van der Waals surface area contributed by atoms with E-state index in [-0.39, 0.29) is 4.90 Å². The number of primary sulfonamides is 1. The van der Waals surface area contributed by atoms with Crippen LogP contribution in [0.15, 0.2) is 41.6 Å². The number of anilines is 1. The largest absolute Gasteiger partial charge is 0.381 e. The fourth-order valence-corrected chi connectivity index (χ4v) is 2.15. The maximum Gasteiger partial charge on any atom is 0.238 e. The average molecular weight is 280 g/mol. The zero-order valence-corrected chi connectivity index (χ0v) is 11.4. The first-order valence-corrected chi connectivity index (χ1v) is 7.42. The molecule has 0 bridgehead atoms. The molecule has 3 N–H and O–H groups in total. The maximum absolute atomic E-state index is 11.1. The molecule has 102 valence electrons. The van der Waals surface area contributed by atoms with Crippen LogP contribution in [0.3, 0.4) is 0 Å². The highest BCUT2D eigenvalue weighted by molar-refractivity contribution is 7.89. The number of rotatable bonds is 5. The summed E-state index contributed by atoms with van der Waals surface area (Å²) in [5.41, 5.74) is 1.90. The molecule has 0 atom stereocenters. The highest BCUT2D eigenvalue weighted by Gasteiger charge is 2.06. The first-order valence-electron chi connectivity index (χ1n) is 5.87. The molecule has 0 radical (unpaired) electrons. The molecule has 0 aliphatic carbocycles. The van der Waals surface area contributed by atoms with E-state index in [2.05, 4.69) is 10.4 Å². The number of sulfonamides is 1. The Kier molecular flexibility index (Phi) is 3.87. The Labute approximate surface area is 112 Å². The average Bonchev–Trinajstić information content (AvgIpc) is 2.84. The summed E-state index contributed by atoms with van der Waals surface area (Å²) >= 11 is 0. The fraction of sp³-hybridized carbons (Fsp3) is 0.250. The van der Waals surface area contributed by atoms with Gasteiger partial charge in [0, 0.05) is 30.5 Å². The molecule has 2 aromatic rings. The Balaban J connectivity index is 2.00. The lowest BCUT2D eigenvalue weighted by atomic mass is 10.3. The summed E-state index contributed by atoms with van der Waals surface area (Å²) in [5.74, 6) is 0. The summed E-state index contributed by atoms with van der Waals surface area (Å²) in [4.78, 5) is 0.108. The third-order valence-electron chi connectivity index (χ3n) is 2.69. The second kappa shape index (κ2) is 5.41. The predicted molar refractivity (Wildman–Crippen MR) is 73.0 cm³/mol. The zero-order valence-electron chi connectivity index (χ0n) is 10.6. The third kappa shape index (κ3) is 3.55. The van der Waals surface area contributed by atoms with Crippen LogP contribution >= 0.6 is 0 Å². The topological polar surface area (TPSA) is 90.0 Å². The van der Waals surface area contributed by atoms with Crippen LogP contribution in [0.25, 0.3) is 0 Å². The van der Waals surface area contributed by atoms with Gasteiger partial charge in [-0.2, -0.15) is 5.10 Å². The van der Waals surface area contributed by atoms with Gasteiger partial charge in [-0.05, 0) is 31.2 Å². The lowest BCUT2D eigenvalue weighted by Gasteiger charge is -2.05. The monoisotopic (exact) mass is 280 g/mol. The Morgan fingerprint density at radius 2 is 2.00 bits per heavy atom. The highest BCUT2D eigenvalue weighted by Crippen LogP contribution is 2.13. The molecule has 19 heavy (non-hydrogen) atoms. The number of benzene rings is 1. The van der Waals surface area contributed by atoms with Crippen molar-refractivity contribution < 1.29 is 8.42 Å². The number of aryl methyl sites for hydroxylation is 1. The molecule has 6 nitrogen and oxygen atoms in total. The summed E-state index contributed by atoms with van der Waals surface area (Å²) in [6.07, 6.45) is 3.76. The summed E-state index contributed by atoms with van der Waals surface area (Å²) in [6.45, 7) is 3.49. The molecule has 7 heteroatoms. The van der Waals surface area contributed by atoms with Crippen LogP contribution < -0.4 is 10.5 Å². The van der Waals surface area contributed by atoms with E-state index < -0.39 is 10.0 Å². The minimum absolute atomic E-state index is 0.108. The van der Waals surface area contributed by atoms with E-state index in [1.54, 1.807) is 18.3 Å². The van der Waals surface area contributed by atoms with Gasteiger partial charge in [0.1, 0.15) is 0 Å². The fourth-order valence-electron chi connectivity index (χ4n) is 1.64. The van der Waals surface area contributed by atoms with Crippen molar-refractivity contribution >= 4 is 15.7 Å². The zero-order chi connectivity index (χ0) is 13.9. The molecule has 1 aromatic heterocycles. The van der Waals surface area contributed by atoms with E-state index in [9.17, 15) is 8.42 Å². The standard InChI is InChI=1S/C12H16N4O2S/c1-2-16-9-10(8-15-16)7-14-11-3-5-12(6-4-11)19(13,17)18/h3-6,8-9,14H,2,7H2,1H3,(H2,13,17,18). The van der Waals surface area contributed by atoms with E-state index >= 15 is 0 Å². The molecule has 2 rings (SSSR count). The van der Waals surface area contributed by atoms with Crippen LogP contribution in [0.1, 0.15) is 12.5 Å². The van der Waals surface area contributed by atoms with Crippen LogP contribution in [0.2, 0.25) is 0 Å². The van der Waals surface area contributed by atoms with Crippen molar-refractivity contribution in [3.63, 3.8) is 0 Å². The first kappa shape index (κ1) is 13.6. The SMILES string of the molecule is CCn1cc(CNc2ccc(S(N)(=O)=O)cc2)cn1. The van der Waals surface area contributed by atoms with Crippen molar-refractivity contribution in [2.45, 2.75) is 24.9 Å². The molecule has 1 heterocycles. The number of nitrogens with two attached hydrogens (primary N) is 1. The second-order valence-corrected chi connectivity index (χ2v) is 5.69. The van der Waals surface area contributed by atoms with Gasteiger partial charge >= 0.3 is 0 Å². The van der Waals surface area contributed by atoms with Crippen molar-refractivity contribution in [2.24, 2.45) is 5.14 Å². The highest BCUT2D eigenvalue weighted by atomic mass is 32.2. The van der Waals surface area contributed by atoms with Crippen molar-refractivity contribution in [2.75, 3.05) is 5.32 Å². The van der Waals surface area contributed by atoms with Crippen molar-refractivity contribution in [3.8, 4) is 0 Å². The molecule has 0 spiro atoms. The van der Waals surface area contributed by atoms with Gasteiger partial charge in [0.2, 0.25) is 10.0 Å². The lowest BCUT2D eigenvalue weighted by molar-refractivity contribution is 0.598. The smallest absolute Gasteiger partial charge is 0.238 e. The summed E-state index contributed by atoms with van der Waals surface area (Å²) < 4.78 is 24.1.